The van der Waals surface area contributed by atoms with Crippen LogP contribution >= 0.6 is 0 Å². The van der Waals surface area contributed by atoms with Crippen LogP contribution in [0.15, 0.2) is 47.1 Å². The number of rotatable bonds is 13. The summed E-state index contributed by atoms with van der Waals surface area (Å²) in [5.41, 5.74) is 11.0. The van der Waals surface area contributed by atoms with Crippen LogP contribution in [0.25, 0.3) is 0 Å². The zero-order valence-electron chi connectivity index (χ0n) is 41.6. The van der Waals surface area contributed by atoms with Gasteiger partial charge in [0.2, 0.25) is 0 Å². The van der Waals surface area contributed by atoms with Crippen LogP contribution in [0, 0.1) is 69.5 Å². The summed E-state index contributed by atoms with van der Waals surface area (Å²) in [6.45, 7) is 15.1. The Morgan fingerprint density at radius 3 is 2.43 bits per heavy atom. The van der Waals surface area contributed by atoms with E-state index in [0.29, 0.717) is 37.7 Å². The van der Waals surface area contributed by atoms with Gasteiger partial charge in [-0.25, -0.2) is 4.79 Å². The lowest BCUT2D eigenvalue weighted by molar-refractivity contribution is -0.211. The van der Waals surface area contributed by atoms with Crippen molar-refractivity contribution < 1.29 is 43.9 Å². The third-order valence-electron chi connectivity index (χ3n) is 21.2. The van der Waals surface area contributed by atoms with E-state index in [-0.39, 0.29) is 101 Å². The van der Waals surface area contributed by atoms with E-state index in [9.17, 15) is 29.7 Å². The molecular weight excluding hydrogens is 845 g/mol. The van der Waals surface area contributed by atoms with E-state index in [4.69, 9.17) is 19.9 Å². The van der Waals surface area contributed by atoms with Crippen molar-refractivity contribution in [2.75, 3.05) is 38.3 Å². The summed E-state index contributed by atoms with van der Waals surface area (Å²) >= 11 is 0. The quantitative estimate of drug-likeness (QED) is 0.139. The summed E-state index contributed by atoms with van der Waals surface area (Å²) in [5, 5.41) is 33.8. The van der Waals surface area contributed by atoms with Gasteiger partial charge in [0.25, 0.3) is 0 Å². The first-order valence-corrected chi connectivity index (χ1v) is 26.4. The Morgan fingerprint density at radius 2 is 1.70 bits per heavy atom. The molecule has 5 N–H and O–H groups in total. The first-order chi connectivity index (χ1) is 31.8. The molecule has 0 spiro atoms. The molecule has 1 aromatic carbocycles. The molecule has 0 aliphatic heterocycles. The highest BCUT2D eigenvalue weighted by molar-refractivity contribution is 5.93. The summed E-state index contributed by atoms with van der Waals surface area (Å²) in [4.78, 5) is 39.5. The van der Waals surface area contributed by atoms with Crippen molar-refractivity contribution in [3.8, 4) is 0 Å². The molecule has 11 nitrogen and oxygen atoms in total. The van der Waals surface area contributed by atoms with Crippen LogP contribution in [-0.2, 0) is 23.8 Å². The number of aliphatic hydroxyl groups is 2. The molecule has 17 atom stereocenters. The fourth-order valence-corrected chi connectivity index (χ4v) is 17.2. The molecule has 6 saturated carbocycles. The third kappa shape index (κ3) is 8.33. The highest BCUT2D eigenvalue weighted by Crippen LogP contribution is 2.70. The minimum Gasteiger partial charge on any atom is -0.481 e. The van der Waals surface area contributed by atoms with Gasteiger partial charge in [-0.2, -0.15) is 0 Å². The molecule has 8 aliphatic rings. The summed E-state index contributed by atoms with van der Waals surface area (Å²) < 4.78 is 18.4. The van der Waals surface area contributed by atoms with Crippen LogP contribution in [0.3, 0.4) is 0 Å². The average molecular weight is 927 g/mol. The van der Waals surface area contributed by atoms with Gasteiger partial charge in [0, 0.05) is 55.9 Å². The zero-order chi connectivity index (χ0) is 47.8. The van der Waals surface area contributed by atoms with E-state index in [2.05, 4.69) is 77.8 Å². The summed E-state index contributed by atoms with van der Waals surface area (Å²) in [5.74, 6) is 1.83. The number of aliphatic carboxylic acids is 1. The number of hydrogen-bond acceptors (Lipinski definition) is 10. The number of anilines is 1. The van der Waals surface area contributed by atoms with Crippen molar-refractivity contribution >= 4 is 23.6 Å². The second-order valence-electron chi connectivity index (χ2n) is 24.0. The monoisotopic (exact) mass is 927 g/mol. The van der Waals surface area contributed by atoms with Crippen LogP contribution in [0.1, 0.15) is 149 Å². The van der Waals surface area contributed by atoms with E-state index in [1.807, 2.05) is 6.08 Å². The molecule has 3 unspecified atom stereocenters. The van der Waals surface area contributed by atoms with Gasteiger partial charge in [-0.15, -0.1) is 0 Å². The van der Waals surface area contributed by atoms with Crippen molar-refractivity contribution in [1.82, 2.24) is 0 Å². The summed E-state index contributed by atoms with van der Waals surface area (Å²) in [6.07, 6.45) is 12.7. The number of hydrogen-bond donors (Lipinski definition) is 4. The number of benzene rings is 1. The summed E-state index contributed by atoms with van der Waals surface area (Å²) in [6, 6.07) is 9.12. The van der Waals surface area contributed by atoms with Gasteiger partial charge in [-0.1, -0.05) is 52.3 Å². The van der Waals surface area contributed by atoms with Crippen LogP contribution in [0.2, 0.25) is 0 Å². The maximum atomic E-state index is 13.2. The lowest BCUT2D eigenvalue weighted by atomic mass is 9.43. The molecule has 0 saturated heterocycles. The molecule has 67 heavy (non-hydrogen) atoms. The van der Waals surface area contributed by atoms with E-state index >= 15 is 0 Å². The molecule has 0 aromatic heterocycles. The van der Waals surface area contributed by atoms with E-state index in [1.165, 1.54) is 16.7 Å². The number of carboxylic acids is 1. The number of nitrogens with zero attached hydrogens (tertiary/aromatic N) is 1. The van der Waals surface area contributed by atoms with Crippen LogP contribution in [-0.4, -0.2) is 90.5 Å². The second kappa shape index (κ2) is 18.5. The molecule has 0 bridgehead atoms. The minimum atomic E-state index is -0.783. The number of likely N-dealkylation sites (N-methyl/N-ethyl adjacent to an activating group) is 1. The number of carbonyl (C=O) groups is 3. The smallest absolute Gasteiger partial charge is 0.481 e. The number of aliphatic hydroxyl groups excluding tert-OH is 1. The fourth-order valence-electron chi connectivity index (χ4n) is 17.2. The predicted molar refractivity (Wildman–Crippen MR) is 258 cm³/mol. The number of carbonyl (C=O) groups excluding carboxylic acids is 2. The highest BCUT2D eigenvalue weighted by atomic mass is 16.7. The molecule has 11 heteroatoms. The Balaban J connectivity index is 0.869. The molecule has 6 fully saturated rings. The molecule has 0 radical (unpaired) electrons. The maximum Gasteiger partial charge on any atom is 0.508 e. The number of ketones is 1. The van der Waals surface area contributed by atoms with Crippen LogP contribution in [0.5, 0.6) is 0 Å². The van der Waals surface area contributed by atoms with Crippen molar-refractivity contribution in [3.63, 3.8) is 0 Å². The molecule has 0 heterocycles. The van der Waals surface area contributed by atoms with E-state index < -0.39 is 23.8 Å². The normalized spacial score (nSPS) is 42.5. The molecule has 1 aromatic rings. The highest BCUT2D eigenvalue weighted by Gasteiger charge is 2.67. The van der Waals surface area contributed by atoms with Crippen molar-refractivity contribution in [1.29, 1.82) is 0 Å². The van der Waals surface area contributed by atoms with Crippen molar-refractivity contribution in [2.45, 2.75) is 168 Å². The Hall–Kier alpha value is -3.25. The number of ether oxygens (including phenoxy) is 3. The first kappa shape index (κ1) is 48.8. The molecular formula is C56H82N2O9. The Kier molecular flexibility index (Phi) is 13.5. The molecule has 370 valence electrons. The largest absolute Gasteiger partial charge is 0.508 e. The maximum absolute atomic E-state index is 13.2. The average Bonchev–Trinajstić information content (AvgIpc) is 3.74. The fraction of sp³-hybridized carbons (Fsp3) is 0.768. The van der Waals surface area contributed by atoms with Crippen LogP contribution < -0.4 is 10.6 Å². The summed E-state index contributed by atoms with van der Waals surface area (Å²) in [7, 11) is 2.13. The Morgan fingerprint density at radius 1 is 0.940 bits per heavy atom. The van der Waals surface area contributed by atoms with Gasteiger partial charge >= 0.3 is 12.1 Å². The van der Waals surface area contributed by atoms with Gasteiger partial charge in [-0.05, 0) is 183 Å². The van der Waals surface area contributed by atoms with Gasteiger partial charge in [0.05, 0.1) is 24.4 Å². The zero-order valence-corrected chi connectivity index (χ0v) is 41.6. The Bertz CT molecular complexity index is 2100. The third-order valence-corrected chi connectivity index (χ3v) is 21.2. The molecule has 0 amide bonds. The van der Waals surface area contributed by atoms with Gasteiger partial charge in [0.1, 0.15) is 12.7 Å². The predicted octanol–water partition coefficient (Wildman–Crippen LogP) is 9.63. The standard InChI is InChI=1S/C56H82N2O9/c1-32(8-19-49(61)62)43-17-18-44-51-46(30-48(60)55(43,44)5)53(3)21-20-39(28-36(53)29-47(51)67-52(63)66-24-22-57)65-25-23-58(7)37-12-9-34(10-13-37)42-31-54(4)45(26-33(2)56(54,6)64)41-15-11-35-27-38(59)14-16-40(35)50(41)42/h9-10,12-13,27,32-33,36,39,41-48,51,60,64H,8,11,14-26,28-31,57H2,1-7H3,(H,61,62)/t32-,33-,36+,39+,41?,42-,43?,44+,45?,46+,47-,48+,51+,53+,54+,55-,56+/m1/s1. The van der Waals surface area contributed by atoms with Crippen molar-refractivity contribution in [2.24, 2.45) is 75.2 Å². The lowest BCUT2D eigenvalue weighted by Crippen LogP contribution is -2.63. The first-order valence-electron chi connectivity index (χ1n) is 26.4. The van der Waals surface area contributed by atoms with Gasteiger partial charge in [-0.3, -0.25) is 9.59 Å². The lowest BCUT2D eigenvalue weighted by Gasteiger charge is -2.64. The van der Waals surface area contributed by atoms with E-state index in [0.717, 1.165) is 82.9 Å². The molecule has 8 aliphatic carbocycles. The SMILES string of the molecule is C[C@H](CCC(=O)O)C1CC[C@H]2[C@@H]3[C@H](OC(=O)OCCN)C[C@@H]4C[C@@H](OCCN(C)c5ccc([C@H]6C[C@@]7(C)C(C[C@@H](C)[C@]7(C)O)C7CCC8=CC(=O)CCC8=C76)cc5)CC[C@]4(C)[C@H]3C[C@H](O)[C@]12C. The second-order valence-corrected chi connectivity index (χ2v) is 24.0. The Labute approximate surface area is 400 Å². The van der Waals surface area contributed by atoms with Gasteiger partial charge < -0.3 is 40.2 Å². The number of fused-ring (bicyclic) bond motifs is 9. The van der Waals surface area contributed by atoms with Crippen LogP contribution in [0.4, 0.5) is 10.5 Å². The van der Waals surface area contributed by atoms with Crippen molar-refractivity contribution in [3.05, 3.63) is 52.6 Å². The number of nitrogens with two attached hydrogens (primary N) is 1. The molecule has 9 rings (SSSR count). The van der Waals surface area contributed by atoms with Gasteiger partial charge in [0.15, 0.2) is 5.78 Å². The topological polar surface area (TPSA) is 169 Å². The minimum absolute atomic E-state index is 0.0391. The number of allylic oxidation sites excluding steroid dienone is 4. The number of carboxylic acid groups (broad SMARTS) is 1. The van der Waals surface area contributed by atoms with E-state index in [1.54, 1.807) is 5.57 Å².